The molecule has 37 heavy (non-hydrogen) atoms. The van der Waals surface area contributed by atoms with E-state index in [1.165, 1.54) is 10.4 Å². The van der Waals surface area contributed by atoms with Crippen LogP contribution in [0.25, 0.3) is 0 Å². The number of hydroxylamine groups is 5. The summed E-state index contributed by atoms with van der Waals surface area (Å²) in [5.74, 6) is -2.80. The first-order valence-electron chi connectivity index (χ1n) is 12.0. The molecular weight excluding hydrogens is 494 g/mol. The van der Waals surface area contributed by atoms with Crippen molar-refractivity contribution in [1.29, 1.82) is 0 Å². The van der Waals surface area contributed by atoms with Gasteiger partial charge in [-0.1, -0.05) is 13.8 Å². The molecule has 1 rings (SSSR count). The summed E-state index contributed by atoms with van der Waals surface area (Å²) in [7, 11) is 1.14. The van der Waals surface area contributed by atoms with E-state index < -0.39 is 47.5 Å². The normalized spacial score (nSPS) is 15.3. The van der Waals surface area contributed by atoms with Crippen LogP contribution in [0.1, 0.15) is 46.0 Å². The van der Waals surface area contributed by atoms with Crippen molar-refractivity contribution in [3.8, 4) is 0 Å². The van der Waals surface area contributed by atoms with Crippen molar-refractivity contribution >= 4 is 29.5 Å². The smallest absolute Gasteiger partial charge is 0.265 e. The molecule has 0 aromatic carbocycles. The molecule has 0 unspecified atom stereocenters. The number of likely N-dealkylation sites (tertiary alicyclic amines) is 1. The van der Waals surface area contributed by atoms with Crippen molar-refractivity contribution in [2.75, 3.05) is 53.1 Å². The fourth-order valence-electron chi connectivity index (χ4n) is 3.45. The van der Waals surface area contributed by atoms with Crippen LogP contribution in [-0.2, 0) is 33.4 Å². The van der Waals surface area contributed by atoms with E-state index in [0.29, 0.717) is 29.5 Å². The van der Waals surface area contributed by atoms with Gasteiger partial charge in [-0.3, -0.25) is 39.6 Å². The molecule has 212 valence electrons. The molecule has 15 nitrogen and oxygen atoms in total. The summed E-state index contributed by atoms with van der Waals surface area (Å²) < 4.78 is 10.9. The van der Waals surface area contributed by atoms with Gasteiger partial charge >= 0.3 is 0 Å². The molecule has 0 aromatic rings. The van der Waals surface area contributed by atoms with Gasteiger partial charge in [-0.15, -0.1) is 0 Å². The maximum absolute atomic E-state index is 12.6. The van der Waals surface area contributed by atoms with Crippen molar-refractivity contribution in [3.63, 3.8) is 0 Å². The number of nitrogens with one attached hydrogen (secondary N) is 2. The number of carbonyl (C=O) groups excluding carboxylic acids is 5. The fraction of sp³-hybridized carbons (Fsp3) is 0.773. The predicted molar refractivity (Wildman–Crippen MR) is 125 cm³/mol. The zero-order valence-corrected chi connectivity index (χ0v) is 21.6. The lowest BCUT2D eigenvalue weighted by molar-refractivity contribution is -0.168. The summed E-state index contributed by atoms with van der Waals surface area (Å²) in [6, 6.07) is -0.764. The van der Waals surface area contributed by atoms with Gasteiger partial charge in [0.15, 0.2) is 0 Å². The molecule has 0 aliphatic carbocycles. The van der Waals surface area contributed by atoms with Gasteiger partial charge in [0, 0.05) is 25.4 Å². The zero-order valence-electron chi connectivity index (χ0n) is 21.6. The van der Waals surface area contributed by atoms with Crippen molar-refractivity contribution in [2.24, 2.45) is 5.41 Å². The van der Waals surface area contributed by atoms with E-state index in [4.69, 9.17) is 19.9 Å². The van der Waals surface area contributed by atoms with Crippen LogP contribution in [0.15, 0.2) is 0 Å². The highest BCUT2D eigenvalue weighted by molar-refractivity contribution is 5.90. The third kappa shape index (κ3) is 12.3. The second-order valence-corrected chi connectivity index (χ2v) is 9.45. The third-order valence-corrected chi connectivity index (χ3v) is 5.52. The minimum absolute atomic E-state index is 0.0197. The number of ether oxygens (including phenoxy) is 2. The second-order valence-electron chi connectivity index (χ2n) is 9.45. The van der Waals surface area contributed by atoms with E-state index in [-0.39, 0.29) is 52.2 Å². The molecule has 0 radical (unpaired) electrons. The Morgan fingerprint density at radius 2 is 1.62 bits per heavy atom. The molecule has 0 aromatic heterocycles. The summed E-state index contributed by atoms with van der Waals surface area (Å²) >= 11 is 0. The number of rotatable bonds is 16. The molecule has 1 aliphatic rings. The Balaban J connectivity index is 2.31. The first-order valence-corrected chi connectivity index (χ1v) is 12.0. The van der Waals surface area contributed by atoms with Crippen LogP contribution in [0.3, 0.4) is 0 Å². The molecule has 1 saturated heterocycles. The maximum Gasteiger partial charge on any atom is 0.265 e. The Labute approximate surface area is 215 Å². The van der Waals surface area contributed by atoms with Gasteiger partial charge in [0.1, 0.15) is 6.04 Å². The number of likely N-dealkylation sites (N-methyl/N-ethyl adjacent to an activating group) is 1. The highest BCUT2D eigenvalue weighted by Crippen LogP contribution is 2.19. The Morgan fingerprint density at radius 3 is 2.22 bits per heavy atom. The molecule has 1 atom stereocenters. The molecule has 0 spiro atoms. The summed E-state index contributed by atoms with van der Waals surface area (Å²) in [4.78, 5) is 60.8. The van der Waals surface area contributed by atoms with Gasteiger partial charge in [0.2, 0.25) is 23.6 Å². The number of nitrogens with zero attached hydrogens (tertiary/aromatic N) is 3. The molecule has 5 amide bonds. The standard InChI is InChI=1S/C22H39N5O10/c1-22(2,14-36-11-7-17(28)24-33)15-37-12-8-19(30)27(35)10-6-18(29)26-9-4-5-16(26)21(32)23-13-20(31)25(3)34/h16,33-35H,4-15H2,1-3H3,(H,23,32)(H,24,28)/t16-/m0/s1. The van der Waals surface area contributed by atoms with Crippen LogP contribution in [0.4, 0.5) is 0 Å². The molecular formula is C22H39N5O10. The molecule has 1 heterocycles. The quantitative estimate of drug-likeness (QED) is 0.0921. The third-order valence-electron chi connectivity index (χ3n) is 5.52. The van der Waals surface area contributed by atoms with E-state index >= 15 is 0 Å². The van der Waals surface area contributed by atoms with E-state index in [9.17, 15) is 29.2 Å². The molecule has 0 saturated carbocycles. The lowest BCUT2D eigenvalue weighted by Gasteiger charge is -2.25. The van der Waals surface area contributed by atoms with Gasteiger partial charge in [-0.25, -0.2) is 15.6 Å². The monoisotopic (exact) mass is 533 g/mol. The van der Waals surface area contributed by atoms with E-state index in [1.807, 2.05) is 13.8 Å². The van der Waals surface area contributed by atoms with Crippen LogP contribution in [-0.4, -0.2) is 119 Å². The molecule has 15 heteroatoms. The lowest BCUT2D eigenvalue weighted by Crippen LogP contribution is -2.48. The molecule has 1 aliphatic heterocycles. The van der Waals surface area contributed by atoms with E-state index in [0.717, 1.165) is 7.05 Å². The number of amides is 5. The van der Waals surface area contributed by atoms with E-state index in [1.54, 1.807) is 0 Å². The van der Waals surface area contributed by atoms with Crippen LogP contribution >= 0.6 is 0 Å². The summed E-state index contributed by atoms with van der Waals surface area (Å²) in [5.41, 5.74) is 1.12. The molecule has 5 N–H and O–H groups in total. The van der Waals surface area contributed by atoms with Crippen molar-refractivity contribution in [3.05, 3.63) is 0 Å². The largest absolute Gasteiger partial charge is 0.380 e. The molecule has 1 fully saturated rings. The minimum Gasteiger partial charge on any atom is -0.380 e. The highest BCUT2D eigenvalue weighted by Gasteiger charge is 2.34. The Kier molecular flexibility index (Phi) is 14.0. The van der Waals surface area contributed by atoms with Crippen molar-refractivity contribution in [2.45, 2.75) is 52.0 Å². The molecule has 0 bridgehead atoms. The van der Waals surface area contributed by atoms with Crippen LogP contribution in [0.5, 0.6) is 0 Å². The van der Waals surface area contributed by atoms with Crippen molar-refractivity contribution < 1.29 is 49.1 Å². The summed E-state index contributed by atoms with van der Waals surface area (Å²) in [6.07, 6.45) is 0.728. The predicted octanol–water partition coefficient (Wildman–Crippen LogP) is -1.11. The average molecular weight is 534 g/mol. The van der Waals surface area contributed by atoms with Crippen LogP contribution < -0.4 is 10.8 Å². The Morgan fingerprint density at radius 1 is 1.00 bits per heavy atom. The topological polar surface area (TPSA) is 198 Å². The first kappa shape index (κ1) is 32.2. The summed E-state index contributed by atoms with van der Waals surface area (Å²) in [5, 5.41) is 30.7. The van der Waals surface area contributed by atoms with Gasteiger partial charge < -0.3 is 19.7 Å². The van der Waals surface area contributed by atoms with Gasteiger partial charge in [0.05, 0.1) is 52.4 Å². The Hall–Kier alpha value is -2.85. The first-order chi connectivity index (χ1) is 17.4. The fourth-order valence-corrected chi connectivity index (χ4v) is 3.45. The van der Waals surface area contributed by atoms with Crippen molar-refractivity contribution in [1.82, 2.24) is 25.8 Å². The number of hydrogen-bond donors (Lipinski definition) is 5. The average Bonchev–Trinajstić information content (AvgIpc) is 3.35. The Bertz CT molecular complexity index is 792. The van der Waals surface area contributed by atoms with Gasteiger partial charge in [-0.05, 0) is 12.8 Å². The SMILES string of the molecule is CN(O)C(=O)CNC(=O)[C@@H]1CCCN1C(=O)CCN(O)C(=O)CCOCC(C)(C)COCCC(=O)NO. The van der Waals surface area contributed by atoms with Gasteiger partial charge in [-0.2, -0.15) is 0 Å². The van der Waals surface area contributed by atoms with Gasteiger partial charge in [0.25, 0.3) is 5.91 Å². The minimum atomic E-state index is -0.764. The van der Waals surface area contributed by atoms with Crippen LogP contribution in [0.2, 0.25) is 0 Å². The highest BCUT2D eigenvalue weighted by atomic mass is 16.5. The lowest BCUT2D eigenvalue weighted by atomic mass is 9.96. The maximum atomic E-state index is 12.6. The number of hydrogen-bond acceptors (Lipinski definition) is 10. The zero-order chi connectivity index (χ0) is 28.0. The van der Waals surface area contributed by atoms with Crippen LogP contribution in [0, 0.1) is 5.41 Å². The number of carbonyl (C=O) groups is 5. The summed E-state index contributed by atoms with van der Waals surface area (Å²) in [6.45, 7) is 4.15. The van der Waals surface area contributed by atoms with E-state index in [2.05, 4.69) is 5.32 Å². The second kappa shape index (κ2) is 16.1.